The summed E-state index contributed by atoms with van der Waals surface area (Å²) in [5.41, 5.74) is 11.5. The molecule has 8 aromatic carbocycles. The standard InChI is InChI=1S/C46H29NO2/c1-3-11-31(12-4-1)40-29-42-41-28-35(24-26-44(41)49-46(42)39-17-8-7-15-36(39)40)47(33-13-5-2-6-14-33)34-22-19-30(20-23-34)32-21-25-38-37-16-9-10-18-43(37)48-45(38)27-32/h1-29H. The Bertz CT molecular complexity index is 2810. The average Bonchev–Trinajstić information content (AvgIpc) is 3.73. The molecule has 2 aromatic heterocycles. The second-order valence-electron chi connectivity index (χ2n) is 12.5. The van der Waals surface area contributed by atoms with Crippen LogP contribution in [0.5, 0.6) is 0 Å². The summed E-state index contributed by atoms with van der Waals surface area (Å²) in [5, 5.41) is 6.78. The van der Waals surface area contributed by atoms with Crippen molar-refractivity contribution in [2.45, 2.75) is 0 Å². The molecule has 0 atom stereocenters. The zero-order valence-electron chi connectivity index (χ0n) is 26.5. The number of para-hydroxylation sites is 2. The number of benzene rings is 8. The molecular weight excluding hydrogens is 599 g/mol. The number of fused-ring (bicyclic) bond motifs is 8. The zero-order chi connectivity index (χ0) is 32.3. The second kappa shape index (κ2) is 11.0. The van der Waals surface area contributed by atoms with E-state index in [1.165, 1.54) is 16.5 Å². The summed E-state index contributed by atoms with van der Waals surface area (Å²) in [6, 6.07) is 62.0. The lowest BCUT2D eigenvalue weighted by atomic mass is 9.95. The summed E-state index contributed by atoms with van der Waals surface area (Å²) in [4.78, 5) is 2.31. The van der Waals surface area contributed by atoms with E-state index in [9.17, 15) is 0 Å². The van der Waals surface area contributed by atoms with Gasteiger partial charge in [0, 0.05) is 44.0 Å². The van der Waals surface area contributed by atoms with E-state index in [1.807, 2.05) is 12.1 Å². The zero-order valence-corrected chi connectivity index (χ0v) is 26.5. The summed E-state index contributed by atoms with van der Waals surface area (Å²) in [7, 11) is 0. The highest BCUT2D eigenvalue weighted by Crippen LogP contribution is 2.43. The van der Waals surface area contributed by atoms with Gasteiger partial charge in [-0.2, -0.15) is 0 Å². The van der Waals surface area contributed by atoms with Crippen LogP contribution in [0.25, 0.3) is 76.9 Å². The third-order valence-corrected chi connectivity index (χ3v) is 9.66. The molecule has 0 aliphatic heterocycles. The second-order valence-corrected chi connectivity index (χ2v) is 12.5. The van der Waals surface area contributed by atoms with Gasteiger partial charge in [-0.15, -0.1) is 0 Å². The van der Waals surface area contributed by atoms with Gasteiger partial charge in [0.15, 0.2) is 0 Å². The van der Waals surface area contributed by atoms with Crippen LogP contribution in [0.15, 0.2) is 185 Å². The van der Waals surface area contributed by atoms with E-state index in [4.69, 9.17) is 8.83 Å². The number of rotatable bonds is 5. The van der Waals surface area contributed by atoms with E-state index in [0.717, 1.165) is 77.5 Å². The van der Waals surface area contributed by atoms with Crippen LogP contribution in [0.1, 0.15) is 0 Å². The Kier molecular flexibility index (Phi) is 6.18. The van der Waals surface area contributed by atoms with Crippen LogP contribution in [0.2, 0.25) is 0 Å². The highest BCUT2D eigenvalue weighted by atomic mass is 16.3. The summed E-state index contributed by atoms with van der Waals surface area (Å²) < 4.78 is 12.8. The molecule has 3 nitrogen and oxygen atoms in total. The van der Waals surface area contributed by atoms with Gasteiger partial charge in [-0.3, -0.25) is 0 Å². The van der Waals surface area contributed by atoms with Crippen LogP contribution < -0.4 is 4.90 Å². The Hall–Kier alpha value is -6.58. The minimum atomic E-state index is 0.874. The molecule has 0 N–H and O–H groups in total. The van der Waals surface area contributed by atoms with Gasteiger partial charge in [-0.1, -0.05) is 109 Å². The van der Waals surface area contributed by atoms with E-state index in [0.29, 0.717) is 0 Å². The fraction of sp³-hybridized carbons (Fsp3) is 0. The first-order valence-corrected chi connectivity index (χ1v) is 16.6. The van der Waals surface area contributed by atoms with Crippen molar-refractivity contribution in [3.05, 3.63) is 176 Å². The predicted molar refractivity (Wildman–Crippen MR) is 204 cm³/mol. The third-order valence-electron chi connectivity index (χ3n) is 9.66. The van der Waals surface area contributed by atoms with Crippen molar-refractivity contribution in [1.29, 1.82) is 0 Å². The van der Waals surface area contributed by atoms with E-state index < -0.39 is 0 Å². The minimum Gasteiger partial charge on any atom is -0.456 e. The van der Waals surface area contributed by atoms with Crippen LogP contribution in [-0.4, -0.2) is 0 Å². The lowest BCUT2D eigenvalue weighted by Crippen LogP contribution is -2.09. The molecule has 0 aliphatic rings. The van der Waals surface area contributed by atoms with Gasteiger partial charge in [0.2, 0.25) is 0 Å². The Morgan fingerprint density at radius 3 is 1.73 bits per heavy atom. The highest BCUT2D eigenvalue weighted by molar-refractivity contribution is 6.19. The molecule has 0 saturated heterocycles. The maximum Gasteiger partial charge on any atom is 0.143 e. The van der Waals surface area contributed by atoms with E-state index in [2.05, 4.69) is 169 Å². The Balaban J connectivity index is 1.10. The van der Waals surface area contributed by atoms with E-state index in [1.54, 1.807) is 0 Å². The molecule has 2 heterocycles. The lowest BCUT2D eigenvalue weighted by Gasteiger charge is -2.25. The molecule has 10 aromatic rings. The fourth-order valence-electron chi connectivity index (χ4n) is 7.31. The molecule has 0 unspecified atom stereocenters. The summed E-state index contributed by atoms with van der Waals surface area (Å²) >= 11 is 0. The summed E-state index contributed by atoms with van der Waals surface area (Å²) in [5.74, 6) is 0. The minimum absolute atomic E-state index is 0.874. The molecule has 3 heteroatoms. The normalized spacial score (nSPS) is 11.7. The topological polar surface area (TPSA) is 29.5 Å². The van der Waals surface area contributed by atoms with E-state index in [-0.39, 0.29) is 0 Å². The van der Waals surface area contributed by atoms with Gasteiger partial charge < -0.3 is 13.7 Å². The van der Waals surface area contributed by atoms with Crippen molar-refractivity contribution in [3.63, 3.8) is 0 Å². The van der Waals surface area contributed by atoms with Gasteiger partial charge in [-0.05, 0) is 94.4 Å². The molecule has 10 rings (SSSR count). The Morgan fingerprint density at radius 2 is 0.918 bits per heavy atom. The predicted octanol–water partition coefficient (Wildman–Crippen LogP) is 13.4. The van der Waals surface area contributed by atoms with Crippen molar-refractivity contribution < 1.29 is 8.83 Å². The first kappa shape index (κ1) is 27.5. The number of nitrogens with zero attached hydrogens (tertiary/aromatic N) is 1. The van der Waals surface area contributed by atoms with Gasteiger partial charge in [0.25, 0.3) is 0 Å². The summed E-state index contributed by atoms with van der Waals surface area (Å²) in [6.45, 7) is 0. The van der Waals surface area contributed by atoms with Gasteiger partial charge in [0.1, 0.15) is 22.3 Å². The van der Waals surface area contributed by atoms with Crippen LogP contribution in [-0.2, 0) is 0 Å². The molecule has 49 heavy (non-hydrogen) atoms. The summed E-state index contributed by atoms with van der Waals surface area (Å²) in [6.07, 6.45) is 0. The molecule has 0 aliphatic carbocycles. The molecule has 0 bridgehead atoms. The quantitative estimate of drug-likeness (QED) is 0.190. The van der Waals surface area contributed by atoms with Crippen LogP contribution in [0, 0.1) is 0 Å². The number of hydrogen-bond acceptors (Lipinski definition) is 3. The van der Waals surface area contributed by atoms with Crippen LogP contribution >= 0.6 is 0 Å². The maximum atomic E-state index is 6.59. The lowest BCUT2D eigenvalue weighted by molar-refractivity contribution is 0.669. The largest absolute Gasteiger partial charge is 0.456 e. The van der Waals surface area contributed by atoms with Crippen LogP contribution in [0.3, 0.4) is 0 Å². The Labute approximate surface area is 282 Å². The average molecular weight is 628 g/mol. The number of anilines is 3. The smallest absolute Gasteiger partial charge is 0.143 e. The maximum absolute atomic E-state index is 6.59. The SMILES string of the molecule is c1ccc(-c2cc3c4cc(N(c5ccccc5)c5ccc(-c6ccc7c(c6)oc6ccccc67)cc5)ccc4oc3c3ccccc23)cc1. The Morgan fingerprint density at radius 1 is 0.306 bits per heavy atom. The molecule has 0 fully saturated rings. The fourth-order valence-corrected chi connectivity index (χ4v) is 7.31. The highest BCUT2D eigenvalue weighted by Gasteiger charge is 2.18. The van der Waals surface area contributed by atoms with Crippen molar-refractivity contribution in [3.8, 4) is 22.3 Å². The van der Waals surface area contributed by atoms with Gasteiger partial charge in [-0.25, -0.2) is 0 Å². The first-order chi connectivity index (χ1) is 24.3. The van der Waals surface area contributed by atoms with Gasteiger partial charge in [0.05, 0.1) is 0 Å². The van der Waals surface area contributed by atoms with E-state index >= 15 is 0 Å². The monoisotopic (exact) mass is 627 g/mol. The molecule has 0 spiro atoms. The van der Waals surface area contributed by atoms with Crippen molar-refractivity contribution in [2.75, 3.05) is 4.90 Å². The van der Waals surface area contributed by atoms with Crippen molar-refractivity contribution in [2.24, 2.45) is 0 Å². The third kappa shape index (κ3) is 4.51. The van der Waals surface area contributed by atoms with Crippen molar-refractivity contribution >= 4 is 71.7 Å². The molecular formula is C46H29NO2. The molecule has 230 valence electrons. The number of hydrogen-bond donors (Lipinski definition) is 0. The molecule has 0 amide bonds. The van der Waals surface area contributed by atoms with Crippen molar-refractivity contribution in [1.82, 2.24) is 0 Å². The molecule has 0 radical (unpaired) electrons. The molecule has 0 saturated carbocycles. The van der Waals surface area contributed by atoms with Crippen LogP contribution in [0.4, 0.5) is 17.1 Å². The first-order valence-electron chi connectivity index (χ1n) is 16.6. The number of furan rings is 2. The van der Waals surface area contributed by atoms with Gasteiger partial charge >= 0.3 is 0 Å².